The van der Waals surface area contributed by atoms with Crippen LogP contribution in [0, 0.1) is 0 Å². The summed E-state index contributed by atoms with van der Waals surface area (Å²) in [6, 6.07) is 5.35. The third-order valence-corrected chi connectivity index (χ3v) is 2.82. The van der Waals surface area contributed by atoms with Crippen molar-refractivity contribution in [2.24, 2.45) is 0 Å². The van der Waals surface area contributed by atoms with Crippen LogP contribution >= 0.6 is 0 Å². The Hall–Kier alpha value is -2.15. The van der Waals surface area contributed by atoms with E-state index in [1.165, 1.54) is 0 Å². The van der Waals surface area contributed by atoms with Gasteiger partial charge in [-0.25, -0.2) is 0 Å². The van der Waals surface area contributed by atoms with Gasteiger partial charge in [-0.05, 0) is 26.0 Å². The van der Waals surface area contributed by atoms with Gasteiger partial charge in [0.2, 0.25) is 0 Å². The summed E-state index contributed by atoms with van der Waals surface area (Å²) in [6.07, 6.45) is 0. The van der Waals surface area contributed by atoms with E-state index in [4.69, 9.17) is 12.0 Å². The molecule has 0 bridgehead atoms. The van der Waals surface area contributed by atoms with Crippen LogP contribution in [0.5, 0.6) is 0 Å². The maximum Gasteiger partial charge on any atom is 0.305 e. The Bertz CT molecular complexity index is 661. The van der Waals surface area contributed by atoms with Crippen molar-refractivity contribution in [2.75, 3.05) is 18.1 Å². The molecular formula is C13H14N4. The maximum atomic E-state index is 8.87. The molecule has 0 saturated carbocycles. The largest absolute Gasteiger partial charge is 0.763 e. The van der Waals surface area contributed by atoms with Crippen LogP contribution in [0.15, 0.2) is 18.2 Å². The van der Waals surface area contributed by atoms with E-state index in [9.17, 15) is 0 Å². The first-order valence-electron chi connectivity index (χ1n) is 5.64. The smallest absolute Gasteiger partial charge is 0.305 e. The number of rotatable bonds is 3. The predicted octanol–water partition coefficient (Wildman–Crippen LogP) is 0.212. The van der Waals surface area contributed by atoms with Gasteiger partial charge < -0.3 is 5.41 Å². The number of hydrogen-bond acceptors (Lipinski definition) is 2. The minimum atomic E-state index is 0.584. The molecule has 0 fully saturated rings. The Labute approximate surface area is 99.9 Å². The van der Waals surface area contributed by atoms with Crippen LogP contribution in [0.2, 0.25) is 0 Å². The Kier molecular flexibility index (Phi) is 2.92. The number of aromatic nitrogens is 2. The van der Waals surface area contributed by atoms with Crippen molar-refractivity contribution >= 4 is 23.4 Å². The van der Waals surface area contributed by atoms with Gasteiger partial charge in [0.25, 0.3) is 0 Å². The molecule has 0 unspecified atom stereocenters. The van der Waals surface area contributed by atoms with E-state index in [-0.39, 0.29) is 0 Å². The predicted molar refractivity (Wildman–Crippen MR) is 70.2 cm³/mol. The summed E-state index contributed by atoms with van der Waals surface area (Å²) >= 11 is 0. The molecule has 0 amide bonds. The van der Waals surface area contributed by atoms with Crippen LogP contribution in [0.3, 0.4) is 0 Å². The minimum absolute atomic E-state index is 0.584. The van der Waals surface area contributed by atoms with Crippen molar-refractivity contribution < 1.29 is 0 Å². The molecule has 0 spiro atoms. The average molecular weight is 226 g/mol. The SMILES string of the molecule is [CH+]=c1c2cc(=C=[N-])ccc2nn1N(CC)CC. The van der Waals surface area contributed by atoms with Gasteiger partial charge in [-0.2, -0.15) is 0 Å². The fourth-order valence-electron chi connectivity index (χ4n) is 1.87. The third-order valence-electron chi connectivity index (χ3n) is 2.82. The molecule has 17 heavy (non-hydrogen) atoms. The van der Waals surface area contributed by atoms with Gasteiger partial charge in [0.1, 0.15) is 0 Å². The molecule has 0 atom stereocenters. The van der Waals surface area contributed by atoms with Crippen molar-refractivity contribution in [3.63, 3.8) is 0 Å². The summed E-state index contributed by atoms with van der Waals surface area (Å²) in [5.41, 5.74) is 0.813. The molecule has 4 nitrogen and oxygen atoms in total. The molecule has 1 aromatic heterocycles. The monoisotopic (exact) mass is 226 g/mol. The van der Waals surface area contributed by atoms with Crippen molar-refractivity contribution in [3.8, 4) is 0 Å². The van der Waals surface area contributed by atoms with E-state index in [2.05, 4.69) is 24.8 Å². The lowest BCUT2D eigenvalue weighted by atomic mass is 10.2. The number of fused-ring (bicyclic) bond motifs is 1. The van der Waals surface area contributed by atoms with Crippen LogP contribution in [0.1, 0.15) is 13.8 Å². The number of nitrogens with zero attached hydrogens (tertiary/aromatic N) is 4. The first-order valence-corrected chi connectivity index (χ1v) is 5.64. The minimum Gasteiger partial charge on any atom is -0.763 e. The second-order valence-electron chi connectivity index (χ2n) is 3.76. The van der Waals surface area contributed by atoms with Crippen molar-refractivity contribution in [2.45, 2.75) is 13.8 Å². The summed E-state index contributed by atoms with van der Waals surface area (Å²) in [5.74, 6) is 2.11. The highest BCUT2D eigenvalue weighted by atomic mass is 15.6. The number of benzene rings is 1. The zero-order valence-corrected chi connectivity index (χ0v) is 10.0. The molecule has 2 rings (SSSR count). The van der Waals surface area contributed by atoms with E-state index in [1.807, 2.05) is 11.1 Å². The molecule has 0 N–H and O–H groups in total. The summed E-state index contributed by atoms with van der Waals surface area (Å²) in [4.78, 5) is 1.71. The summed E-state index contributed by atoms with van der Waals surface area (Å²) in [5, 5.41) is 17.3. The lowest BCUT2D eigenvalue weighted by Gasteiger charge is -2.18. The fourth-order valence-corrected chi connectivity index (χ4v) is 1.87. The molecule has 0 aliphatic heterocycles. The molecule has 4 heteroatoms. The fraction of sp³-hybridized carbons (Fsp3) is 0.308. The van der Waals surface area contributed by atoms with Gasteiger partial charge in [-0.1, -0.05) is 0 Å². The Morgan fingerprint density at radius 1 is 1.41 bits per heavy atom. The van der Waals surface area contributed by atoms with E-state index in [1.54, 1.807) is 16.9 Å². The maximum absolute atomic E-state index is 8.87. The molecule has 2 aromatic rings. The molecule has 0 aliphatic carbocycles. The first kappa shape index (κ1) is 11.3. The Morgan fingerprint density at radius 2 is 2.12 bits per heavy atom. The van der Waals surface area contributed by atoms with Gasteiger partial charge >= 0.3 is 5.35 Å². The highest BCUT2D eigenvalue weighted by Crippen LogP contribution is 2.03. The normalized spacial score (nSPS) is 10.4. The summed E-state index contributed by atoms with van der Waals surface area (Å²) < 4.78 is 0. The second-order valence-corrected chi connectivity index (χ2v) is 3.76. The van der Waals surface area contributed by atoms with Crippen LogP contribution < -0.4 is 15.6 Å². The molecule has 0 radical (unpaired) electrons. The molecule has 0 aliphatic rings. The Morgan fingerprint density at radius 3 is 2.71 bits per heavy atom. The van der Waals surface area contributed by atoms with E-state index < -0.39 is 0 Å². The van der Waals surface area contributed by atoms with Crippen molar-refractivity contribution in [3.05, 3.63) is 34.2 Å². The molecule has 0 saturated heterocycles. The highest BCUT2D eigenvalue weighted by molar-refractivity contribution is 5.80. The first-order chi connectivity index (χ1) is 8.21. The molecule has 1 heterocycles. The van der Waals surface area contributed by atoms with Crippen molar-refractivity contribution in [1.82, 2.24) is 9.89 Å². The van der Waals surface area contributed by atoms with Crippen LogP contribution in [0.4, 0.5) is 0 Å². The standard InChI is InChI=1S/C13H14N4/c1-4-16(5-2)17-10(3)12-8-11(9-14)6-7-13(12)15-17/h3,6-8H,4-5H2,1-2H3. The van der Waals surface area contributed by atoms with Gasteiger partial charge in [0, 0.05) is 24.4 Å². The van der Waals surface area contributed by atoms with Crippen LogP contribution in [0.25, 0.3) is 22.9 Å². The quantitative estimate of drug-likeness (QED) is 0.555. The molecule has 86 valence electrons. The lowest BCUT2D eigenvalue weighted by Crippen LogP contribution is -2.41. The highest BCUT2D eigenvalue weighted by Gasteiger charge is 2.15. The van der Waals surface area contributed by atoms with E-state index in [0.717, 1.165) is 24.0 Å². The average Bonchev–Trinajstić information content (AvgIpc) is 2.68. The van der Waals surface area contributed by atoms with Gasteiger partial charge in [-0.3, -0.25) is 10.9 Å². The lowest BCUT2D eigenvalue weighted by molar-refractivity contribution is 0.549. The zero-order chi connectivity index (χ0) is 12.4. The third kappa shape index (κ3) is 1.80. The Balaban J connectivity index is 2.73. The topological polar surface area (TPSA) is 43.4 Å². The summed E-state index contributed by atoms with van der Waals surface area (Å²) in [6.45, 7) is 11.8. The molecule has 1 aromatic carbocycles. The van der Waals surface area contributed by atoms with Gasteiger partial charge in [-0.15, -0.1) is 9.89 Å². The van der Waals surface area contributed by atoms with Crippen LogP contribution in [-0.2, 0) is 0 Å². The van der Waals surface area contributed by atoms with Crippen molar-refractivity contribution in [1.29, 1.82) is 0 Å². The van der Waals surface area contributed by atoms with E-state index in [0.29, 0.717) is 10.6 Å². The molecular weight excluding hydrogens is 212 g/mol. The van der Waals surface area contributed by atoms with Gasteiger partial charge in [0.05, 0.1) is 6.58 Å². The second kappa shape index (κ2) is 4.38. The summed E-state index contributed by atoms with van der Waals surface area (Å²) in [7, 11) is 0. The zero-order valence-electron chi connectivity index (χ0n) is 10.0. The van der Waals surface area contributed by atoms with E-state index >= 15 is 0 Å². The van der Waals surface area contributed by atoms with Gasteiger partial charge in [0.15, 0.2) is 10.9 Å². The van der Waals surface area contributed by atoms with Crippen LogP contribution in [-0.4, -0.2) is 28.8 Å². The number of hydrogen-bond donors (Lipinski definition) is 0.